The minimum absolute atomic E-state index is 0.178. The molecule has 122 valence electrons. The number of hydrogen-bond acceptors (Lipinski definition) is 3. The molecule has 0 fully saturated rings. The molecule has 0 atom stereocenters. The number of carbonyl (C=O) groups is 1. The van der Waals surface area contributed by atoms with Gasteiger partial charge in [-0.25, -0.2) is 0 Å². The molecule has 0 aliphatic rings. The van der Waals surface area contributed by atoms with Crippen molar-refractivity contribution in [3.05, 3.63) is 53.9 Å². The van der Waals surface area contributed by atoms with Crippen LogP contribution in [0.15, 0.2) is 42.6 Å². The van der Waals surface area contributed by atoms with Gasteiger partial charge in [0.1, 0.15) is 5.69 Å². The fourth-order valence-corrected chi connectivity index (χ4v) is 2.41. The molecule has 0 aliphatic heterocycles. The highest BCUT2D eigenvalue weighted by molar-refractivity contribution is 6.03. The minimum Gasteiger partial charge on any atom is -0.385 e. The van der Waals surface area contributed by atoms with Gasteiger partial charge in [-0.15, -0.1) is 0 Å². The minimum atomic E-state index is -0.178. The van der Waals surface area contributed by atoms with Gasteiger partial charge in [0.25, 0.3) is 5.91 Å². The molecular formula is C19H25N3O. The lowest BCUT2D eigenvalue weighted by atomic mass is 10.1. The number of rotatable bonds is 8. The second-order valence-corrected chi connectivity index (χ2v) is 5.53. The van der Waals surface area contributed by atoms with Crippen molar-refractivity contribution in [2.45, 2.75) is 39.5 Å². The Hall–Kier alpha value is -2.36. The Balaban J connectivity index is 2.02. The van der Waals surface area contributed by atoms with Crippen LogP contribution in [0.25, 0.3) is 0 Å². The van der Waals surface area contributed by atoms with Crippen LogP contribution in [-0.2, 0) is 6.42 Å². The number of hydrogen-bond donors (Lipinski definition) is 2. The molecular weight excluding hydrogens is 286 g/mol. The highest BCUT2D eigenvalue weighted by Gasteiger charge is 2.10. The second kappa shape index (κ2) is 8.93. The maximum atomic E-state index is 12.4. The quantitative estimate of drug-likeness (QED) is 0.706. The van der Waals surface area contributed by atoms with Crippen molar-refractivity contribution < 1.29 is 4.79 Å². The van der Waals surface area contributed by atoms with Gasteiger partial charge >= 0.3 is 0 Å². The van der Waals surface area contributed by atoms with Gasteiger partial charge in [-0.1, -0.05) is 44.9 Å². The lowest BCUT2D eigenvalue weighted by Crippen LogP contribution is -2.15. The van der Waals surface area contributed by atoms with Crippen molar-refractivity contribution in [2.75, 3.05) is 17.2 Å². The molecule has 2 rings (SSSR count). The molecule has 0 saturated heterocycles. The van der Waals surface area contributed by atoms with Gasteiger partial charge in [-0.3, -0.25) is 9.78 Å². The average Bonchev–Trinajstić information content (AvgIpc) is 2.59. The van der Waals surface area contributed by atoms with Crippen molar-refractivity contribution in [3.63, 3.8) is 0 Å². The number of unbranched alkanes of at least 4 members (excludes halogenated alkanes) is 2. The van der Waals surface area contributed by atoms with Crippen LogP contribution in [-0.4, -0.2) is 17.4 Å². The summed E-state index contributed by atoms with van der Waals surface area (Å²) in [6, 6.07) is 11.5. The van der Waals surface area contributed by atoms with Gasteiger partial charge < -0.3 is 10.6 Å². The number of amides is 1. The van der Waals surface area contributed by atoms with E-state index in [2.05, 4.69) is 29.5 Å². The third kappa shape index (κ3) is 5.09. The van der Waals surface area contributed by atoms with Crippen LogP contribution >= 0.6 is 0 Å². The molecule has 1 aromatic carbocycles. The van der Waals surface area contributed by atoms with Crippen LogP contribution in [0.2, 0.25) is 0 Å². The zero-order valence-corrected chi connectivity index (χ0v) is 13.9. The van der Waals surface area contributed by atoms with Crippen LogP contribution in [0, 0.1) is 0 Å². The zero-order valence-electron chi connectivity index (χ0n) is 13.9. The van der Waals surface area contributed by atoms with Crippen LogP contribution in [0.5, 0.6) is 0 Å². The van der Waals surface area contributed by atoms with Crippen molar-refractivity contribution in [1.82, 2.24) is 4.98 Å². The van der Waals surface area contributed by atoms with Crippen LogP contribution < -0.4 is 10.6 Å². The first-order chi connectivity index (χ1) is 11.2. The van der Waals surface area contributed by atoms with Gasteiger partial charge in [0, 0.05) is 24.1 Å². The largest absolute Gasteiger partial charge is 0.385 e. The topological polar surface area (TPSA) is 54.0 Å². The summed E-state index contributed by atoms with van der Waals surface area (Å²) >= 11 is 0. The predicted molar refractivity (Wildman–Crippen MR) is 96.0 cm³/mol. The van der Waals surface area contributed by atoms with Crippen LogP contribution in [0.1, 0.15) is 49.2 Å². The second-order valence-electron chi connectivity index (χ2n) is 5.53. The molecule has 0 radical (unpaired) electrons. The summed E-state index contributed by atoms with van der Waals surface area (Å²) in [5.41, 5.74) is 3.33. The number of aromatic nitrogens is 1. The van der Waals surface area contributed by atoms with E-state index >= 15 is 0 Å². The van der Waals surface area contributed by atoms with E-state index in [0.29, 0.717) is 5.69 Å². The first kappa shape index (κ1) is 17.0. The summed E-state index contributed by atoms with van der Waals surface area (Å²) in [5, 5.41) is 6.29. The van der Waals surface area contributed by atoms with E-state index in [9.17, 15) is 4.79 Å². The molecule has 2 N–H and O–H groups in total. The molecule has 4 heteroatoms. The third-order valence-corrected chi connectivity index (χ3v) is 3.75. The zero-order chi connectivity index (χ0) is 16.5. The van der Waals surface area contributed by atoms with Crippen molar-refractivity contribution in [2.24, 2.45) is 0 Å². The molecule has 0 unspecified atom stereocenters. The Bertz CT molecular complexity index is 640. The number of carbonyl (C=O) groups excluding carboxylic acids is 1. The van der Waals surface area contributed by atoms with Crippen molar-refractivity contribution in [1.29, 1.82) is 0 Å². The predicted octanol–water partition coefficient (Wildman–Crippen LogP) is 4.50. The molecule has 0 bridgehead atoms. The first-order valence-corrected chi connectivity index (χ1v) is 8.33. The third-order valence-electron chi connectivity index (χ3n) is 3.75. The monoisotopic (exact) mass is 311 g/mol. The number of benzene rings is 1. The van der Waals surface area contributed by atoms with Gasteiger partial charge in [-0.05, 0) is 36.6 Å². The van der Waals surface area contributed by atoms with Gasteiger partial charge in [0.2, 0.25) is 0 Å². The average molecular weight is 311 g/mol. The molecule has 4 nitrogen and oxygen atoms in total. The summed E-state index contributed by atoms with van der Waals surface area (Å²) in [4.78, 5) is 16.6. The maximum Gasteiger partial charge on any atom is 0.274 e. The number of pyridine rings is 1. The Morgan fingerprint density at radius 3 is 2.74 bits per heavy atom. The summed E-state index contributed by atoms with van der Waals surface area (Å²) < 4.78 is 0. The molecule has 0 saturated carbocycles. The van der Waals surface area contributed by atoms with E-state index in [-0.39, 0.29) is 5.91 Å². The number of nitrogens with one attached hydrogen (secondary N) is 2. The smallest absolute Gasteiger partial charge is 0.274 e. The molecule has 0 aliphatic carbocycles. The molecule has 1 amide bonds. The Kier molecular flexibility index (Phi) is 6.60. The Labute approximate surface area is 138 Å². The Morgan fingerprint density at radius 2 is 1.96 bits per heavy atom. The highest BCUT2D eigenvalue weighted by Crippen LogP contribution is 2.17. The SMILES string of the molecule is CCCCCNc1ccnc(C(=O)Nc2ccccc2CC)c1. The number of aryl methyl sites for hydroxylation is 1. The first-order valence-electron chi connectivity index (χ1n) is 8.33. The molecule has 0 spiro atoms. The standard InChI is InChI=1S/C19H25N3O/c1-3-5-8-12-20-16-11-13-21-18(14-16)19(23)22-17-10-7-6-9-15(17)4-2/h6-7,9-11,13-14H,3-5,8,12H2,1-2H3,(H,20,21)(H,22,23). The molecule has 1 heterocycles. The fraction of sp³-hybridized carbons (Fsp3) is 0.368. The number of anilines is 2. The summed E-state index contributed by atoms with van der Waals surface area (Å²) in [6.07, 6.45) is 6.08. The lowest BCUT2D eigenvalue weighted by Gasteiger charge is -2.10. The summed E-state index contributed by atoms with van der Waals surface area (Å²) in [7, 11) is 0. The van der Waals surface area contributed by atoms with Gasteiger partial charge in [0.15, 0.2) is 0 Å². The van der Waals surface area contributed by atoms with E-state index in [1.165, 1.54) is 12.8 Å². The van der Waals surface area contributed by atoms with Crippen molar-refractivity contribution >= 4 is 17.3 Å². The summed E-state index contributed by atoms with van der Waals surface area (Å²) in [6.45, 7) is 5.17. The van der Waals surface area contributed by atoms with E-state index in [4.69, 9.17) is 0 Å². The van der Waals surface area contributed by atoms with Crippen molar-refractivity contribution in [3.8, 4) is 0 Å². The fourth-order valence-electron chi connectivity index (χ4n) is 2.41. The van der Waals surface area contributed by atoms with E-state index in [1.807, 2.05) is 30.3 Å². The maximum absolute atomic E-state index is 12.4. The molecule has 1 aromatic heterocycles. The molecule has 23 heavy (non-hydrogen) atoms. The summed E-state index contributed by atoms with van der Waals surface area (Å²) in [5.74, 6) is -0.178. The van der Waals surface area contributed by atoms with E-state index in [0.717, 1.165) is 36.3 Å². The van der Waals surface area contributed by atoms with Crippen LogP contribution in [0.4, 0.5) is 11.4 Å². The van der Waals surface area contributed by atoms with E-state index in [1.54, 1.807) is 12.3 Å². The highest BCUT2D eigenvalue weighted by atomic mass is 16.1. The Morgan fingerprint density at radius 1 is 1.13 bits per heavy atom. The number of nitrogens with zero attached hydrogens (tertiary/aromatic N) is 1. The lowest BCUT2D eigenvalue weighted by molar-refractivity contribution is 0.102. The van der Waals surface area contributed by atoms with Crippen LogP contribution in [0.3, 0.4) is 0 Å². The number of para-hydroxylation sites is 1. The van der Waals surface area contributed by atoms with Gasteiger partial charge in [-0.2, -0.15) is 0 Å². The molecule has 2 aromatic rings. The van der Waals surface area contributed by atoms with Gasteiger partial charge in [0.05, 0.1) is 0 Å². The van der Waals surface area contributed by atoms with E-state index < -0.39 is 0 Å². The normalized spacial score (nSPS) is 10.3.